The minimum atomic E-state index is -2.22. The number of rotatable bonds is 32. The molecule has 0 radical (unpaired) electrons. The summed E-state index contributed by atoms with van der Waals surface area (Å²) in [5, 5.41) is 41.5. The van der Waals surface area contributed by atoms with Crippen molar-refractivity contribution in [3.63, 3.8) is 0 Å². The molecule has 0 heterocycles. The van der Waals surface area contributed by atoms with Crippen LogP contribution in [-0.2, 0) is 9.59 Å². The van der Waals surface area contributed by atoms with Crippen molar-refractivity contribution in [3.8, 4) is 0 Å². The van der Waals surface area contributed by atoms with E-state index in [-0.39, 0.29) is 24.3 Å². The van der Waals surface area contributed by atoms with E-state index < -0.39 is 32.8 Å². The Bertz CT molecular complexity index is 562. The average Bonchev–Trinajstić information content (AvgIpc) is 2.94. The van der Waals surface area contributed by atoms with E-state index in [0.29, 0.717) is 12.8 Å². The largest absolute Gasteiger partial charge is 0.481 e. The maximum absolute atomic E-state index is 11.5. The highest BCUT2D eigenvalue weighted by atomic mass is 32.3. The van der Waals surface area contributed by atoms with Crippen LogP contribution in [0.3, 0.4) is 0 Å². The molecule has 0 rings (SSSR count). The molecule has 0 aliphatic carbocycles. The highest BCUT2D eigenvalue weighted by molar-refractivity contribution is 8.34. The monoisotopic (exact) mass is 604 g/mol. The summed E-state index contributed by atoms with van der Waals surface area (Å²) in [5.74, 6) is -1.54. The Labute approximate surface area is 254 Å². The first-order valence-electron chi connectivity index (χ1n) is 17.4. The van der Waals surface area contributed by atoms with Crippen molar-refractivity contribution in [2.75, 3.05) is 11.5 Å². The van der Waals surface area contributed by atoms with E-state index in [9.17, 15) is 30.0 Å². The third-order valence-electron chi connectivity index (χ3n) is 8.58. The number of unbranched alkanes of at least 4 members (excludes halogenated alkanes) is 20. The van der Waals surface area contributed by atoms with Gasteiger partial charge >= 0.3 is 11.9 Å². The molecule has 0 bridgehead atoms. The molecule has 0 aromatic rings. The van der Waals surface area contributed by atoms with Gasteiger partial charge in [0.05, 0.1) is 23.7 Å². The van der Waals surface area contributed by atoms with Gasteiger partial charge in [0, 0.05) is 0 Å². The molecule has 246 valence electrons. The lowest BCUT2D eigenvalue weighted by molar-refractivity contribution is -0.137. The molecular weight excluding hydrogens is 536 g/mol. The van der Waals surface area contributed by atoms with Crippen LogP contribution in [0.15, 0.2) is 0 Å². The predicted octanol–water partition coefficient (Wildman–Crippen LogP) is 9.78. The fraction of sp³-hybridized carbons (Fsp3) is 0.941. The normalized spacial score (nSPS) is 13.8. The standard InChI is InChI=1S/C34H68O6S/c1-3-5-7-9-11-13-15-17-19-21-23-25-33(39)41(29-27-31(35)36,30-28-32(37)38)34(40)26-24-22-20-18-16-14-12-10-8-6-4-2/h33-34,39-40H,3-30H2,1-2H3,(H,35,36)(H,37,38). The summed E-state index contributed by atoms with van der Waals surface area (Å²) in [7, 11) is -2.22. The third-order valence-corrected chi connectivity index (χ3v) is 13.2. The Morgan fingerprint density at radius 1 is 0.463 bits per heavy atom. The van der Waals surface area contributed by atoms with Crippen LogP contribution >= 0.6 is 10.0 Å². The molecule has 7 heteroatoms. The molecule has 41 heavy (non-hydrogen) atoms. The lowest BCUT2D eigenvalue weighted by Gasteiger charge is -2.47. The molecule has 0 aromatic heterocycles. The second kappa shape index (κ2) is 28.0. The highest BCUT2D eigenvalue weighted by Gasteiger charge is 2.39. The van der Waals surface area contributed by atoms with Crippen LogP contribution in [0.4, 0.5) is 0 Å². The molecule has 0 saturated carbocycles. The topological polar surface area (TPSA) is 115 Å². The number of hydrogen-bond acceptors (Lipinski definition) is 4. The number of carboxylic acid groups (broad SMARTS) is 2. The molecular formula is C34H68O6S. The molecule has 0 saturated heterocycles. The SMILES string of the molecule is CCCCCCCCCCCCCC(O)S(CCC(=O)O)(CCC(=O)O)C(O)CCCCCCCCCCCCC. The first-order chi connectivity index (χ1) is 19.8. The van der Waals surface area contributed by atoms with Gasteiger partial charge in [0.2, 0.25) is 0 Å². The van der Waals surface area contributed by atoms with Gasteiger partial charge in [-0.2, -0.15) is 10.0 Å². The summed E-state index contributed by atoms with van der Waals surface area (Å²) in [6.45, 7) is 4.47. The van der Waals surface area contributed by atoms with Crippen molar-refractivity contribution in [1.29, 1.82) is 0 Å². The Hall–Kier alpha value is -0.790. The van der Waals surface area contributed by atoms with Gasteiger partial charge in [-0.3, -0.25) is 9.59 Å². The molecule has 0 amide bonds. The van der Waals surface area contributed by atoms with E-state index in [1.54, 1.807) is 0 Å². The zero-order chi connectivity index (χ0) is 30.6. The van der Waals surface area contributed by atoms with Gasteiger partial charge in [0.15, 0.2) is 0 Å². The number of hydrogen-bond donors (Lipinski definition) is 4. The third kappa shape index (κ3) is 22.4. The summed E-state index contributed by atoms with van der Waals surface area (Å²) in [5.41, 5.74) is -1.63. The minimum Gasteiger partial charge on any atom is -0.481 e. The number of aliphatic hydroxyl groups is 2. The second-order valence-electron chi connectivity index (χ2n) is 12.3. The predicted molar refractivity (Wildman–Crippen MR) is 176 cm³/mol. The van der Waals surface area contributed by atoms with E-state index in [4.69, 9.17) is 0 Å². The molecule has 2 atom stereocenters. The lowest BCUT2D eigenvalue weighted by Crippen LogP contribution is -2.35. The summed E-state index contributed by atoms with van der Waals surface area (Å²) < 4.78 is 0. The summed E-state index contributed by atoms with van der Waals surface area (Å²) in [6.07, 6.45) is 27.3. The van der Waals surface area contributed by atoms with Crippen LogP contribution in [0.2, 0.25) is 0 Å². The van der Waals surface area contributed by atoms with Gasteiger partial charge in [-0.05, 0) is 24.3 Å². The van der Waals surface area contributed by atoms with E-state index in [1.807, 2.05) is 0 Å². The van der Waals surface area contributed by atoms with Crippen molar-refractivity contribution in [1.82, 2.24) is 0 Å². The Morgan fingerprint density at radius 3 is 0.951 bits per heavy atom. The summed E-state index contributed by atoms with van der Waals surface area (Å²) in [6, 6.07) is 0. The van der Waals surface area contributed by atoms with Crippen LogP contribution in [-0.4, -0.2) is 54.7 Å². The second-order valence-corrected chi connectivity index (χ2v) is 16.2. The highest BCUT2D eigenvalue weighted by Crippen LogP contribution is 2.58. The molecule has 4 N–H and O–H groups in total. The quantitative estimate of drug-likeness (QED) is 0.0568. The van der Waals surface area contributed by atoms with Crippen LogP contribution < -0.4 is 0 Å². The molecule has 0 fully saturated rings. The minimum absolute atomic E-state index is 0.139. The van der Waals surface area contributed by atoms with Crippen molar-refractivity contribution >= 4 is 22.0 Å². The average molecular weight is 605 g/mol. The molecule has 0 aliphatic heterocycles. The Kier molecular flexibility index (Phi) is 27.5. The van der Waals surface area contributed by atoms with Crippen molar-refractivity contribution in [2.24, 2.45) is 0 Å². The van der Waals surface area contributed by atoms with Crippen molar-refractivity contribution in [3.05, 3.63) is 0 Å². The smallest absolute Gasteiger partial charge is 0.304 e. The van der Waals surface area contributed by atoms with Crippen LogP contribution in [0.25, 0.3) is 0 Å². The van der Waals surface area contributed by atoms with E-state index in [0.717, 1.165) is 38.5 Å². The lowest BCUT2D eigenvalue weighted by atomic mass is 10.1. The van der Waals surface area contributed by atoms with Crippen molar-refractivity contribution < 1.29 is 30.0 Å². The van der Waals surface area contributed by atoms with Gasteiger partial charge in [-0.25, -0.2) is 0 Å². The van der Waals surface area contributed by atoms with E-state index >= 15 is 0 Å². The fourth-order valence-electron chi connectivity index (χ4n) is 5.82. The summed E-state index contributed by atoms with van der Waals surface area (Å²) in [4.78, 5) is 23.0. The van der Waals surface area contributed by atoms with Gasteiger partial charge in [-0.1, -0.05) is 155 Å². The number of aliphatic hydroxyl groups excluding tert-OH is 2. The molecule has 6 nitrogen and oxygen atoms in total. The molecule has 0 aromatic carbocycles. The number of carbonyl (C=O) groups is 2. The zero-order valence-corrected chi connectivity index (χ0v) is 27.8. The maximum Gasteiger partial charge on any atom is 0.304 e. The fourth-order valence-corrected chi connectivity index (χ4v) is 9.85. The van der Waals surface area contributed by atoms with Gasteiger partial charge in [-0.15, -0.1) is 0 Å². The Balaban J connectivity index is 4.69. The Morgan fingerprint density at radius 2 is 0.707 bits per heavy atom. The van der Waals surface area contributed by atoms with Gasteiger partial charge in [0.25, 0.3) is 0 Å². The maximum atomic E-state index is 11.5. The summed E-state index contributed by atoms with van der Waals surface area (Å²) >= 11 is 0. The van der Waals surface area contributed by atoms with E-state index in [2.05, 4.69) is 13.8 Å². The molecule has 2 unspecified atom stereocenters. The van der Waals surface area contributed by atoms with Crippen LogP contribution in [0.5, 0.6) is 0 Å². The first kappa shape index (κ1) is 40.2. The number of carboxylic acids is 2. The van der Waals surface area contributed by atoms with E-state index in [1.165, 1.54) is 103 Å². The van der Waals surface area contributed by atoms with Gasteiger partial charge < -0.3 is 20.4 Å². The number of aliphatic carboxylic acids is 2. The van der Waals surface area contributed by atoms with Crippen molar-refractivity contribution in [2.45, 2.75) is 192 Å². The first-order valence-corrected chi connectivity index (χ1v) is 19.5. The zero-order valence-electron chi connectivity index (χ0n) is 27.0. The molecule has 0 spiro atoms. The van der Waals surface area contributed by atoms with Crippen LogP contribution in [0, 0.1) is 0 Å². The van der Waals surface area contributed by atoms with Crippen LogP contribution in [0.1, 0.15) is 181 Å². The molecule has 0 aliphatic rings. The van der Waals surface area contributed by atoms with Gasteiger partial charge in [0.1, 0.15) is 0 Å².